The summed E-state index contributed by atoms with van der Waals surface area (Å²) in [6, 6.07) is 9.64. The molecule has 0 heterocycles. The molecule has 0 radical (unpaired) electrons. The maximum atomic E-state index is 12.8. The molecule has 1 aromatic carbocycles. The number of ether oxygens (including phenoxy) is 1. The summed E-state index contributed by atoms with van der Waals surface area (Å²) < 4.78 is 31.1. The van der Waals surface area contributed by atoms with Gasteiger partial charge in [0.15, 0.2) is 0 Å². The number of hydrogen-bond donors (Lipinski definition) is 0. The SMILES string of the molecule is FC1(F)CCC(OCc2ccccc2)C1. The fraction of sp³-hybridized carbons (Fsp3) is 0.500. The zero-order chi connectivity index (χ0) is 10.7. The molecule has 0 amide bonds. The zero-order valence-corrected chi connectivity index (χ0v) is 8.46. The molecular formula is C12H14F2O. The minimum absolute atomic E-state index is 0.0353. The molecule has 1 aliphatic rings. The van der Waals surface area contributed by atoms with E-state index in [9.17, 15) is 8.78 Å². The number of benzene rings is 1. The van der Waals surface area contributed by atoms with Crippen molar-refractivity contribution in [1.82, 2.24) is 0 Å². The van der Waals surface area contributed by atoms with E-state index in [-0.39, 0.29) is 18.9 Å². The molecule has 1 fully saturated rings. The van der Waals surface area contributed by atoms with Crippen LogP contribution < -0.4 is 0 Å². The van der Waals surface area contributed by atoms with Crippen LogP contribution in [0.15, 0.2) is 30.3 Å². The molecule has 1 unspecified atom stereocenters. The van der Waals surface area contributed by atoms with Gasteiger partial charge in [0.05, 0.1) is 12.7 Å². The molecule has 0 aliphatic heterocycles. The lowest BCUT2D eigenvalue weighted by Crippen LogP contribution is -2.14. The molecule has 82 valence electrons. The molecular weight excluding hydrogens is 198 g/mol. The molecule has 15 heavy (non-hydrogen) atoms. The average molecular weight is 212 g/mol. The van der Waals surface area contributed by atoms with Gasteiger partial charge in [0.25, 0.3) is 5.92 Å². The quantitative estimate of drug-likeness (QED) is 0.746. The fourth-order valence-corrected chi connectivity index (χ4v) is 1.84. The van der Waals surface area contributed by atoms with Crippen molar-refractivity contribution in [3.63, 3.8) is 0 Å². The molecule has 1 saturated carbocycles. The van der Waals surface area contributed by atoms with Crippen LogP contribution in [-0.4, -0.2) is 12.0 Å². The molecule has 1 aromatic rings. The van der Waals surface area contributed by atoms with E-state index < -0.39 is 5.92 Å². The monoisotopic (exact) mass is 212 g/mol. The molecule has 1 aliphatic carbocycles. The van der Waals surface area contributed by atoms with E-state index in [0.717, 1.165) is 5.56 Å². The van der Waals surface area contributed by atoms with Crippen molar-refractivity contribution in [2.75, 3.05) is 0 Å². The van der Waals surface area contributed by atoms with Gasteiger partial charge < -0.3 is 4.74 Å². The van der Waals surface area contributed by atoms with Gasteiger partial charge >= 0.3 is 0 Å². The minimum atomic E-state index is -2.51. The Morgan fingerprint density at radius 3 is 2.60 bits per heavy atom. The summed E-state index contributed by atoms with van der Waals surface area (Å²) >= 11 is 0. The first-order valence-corrected chi connectivity index (χ1v) is 5.19. The van der Waals surface area contributed by atoms with Crippen molar-refractivity contribution in [3.05, 3.63) is 35.9 Å². The van der Waals surface area contributed by atoms with Crippen molar-refractivity contribution in [2.45, 2.75) is 37.9 Å². The van der Waals surface area contributed by atoms with Gasteiger partial charge in [0, 0.05) is 12.8 Å². The third-order valence-electron chi connectivity index (χ3n) is 2.69. The van der Waals surface area contributed by atoms with Crippen LogP contribution in [0.2, 0.25) is 0 Å². The van der Waals surface area contributed by atoms with Gasteiger partial charge in [-0.2, -0.15) is 0 Å². The topological polar surface area (TPSA) is 9.23 Å². The van der Waals surface area contributed by atoms with Crippen molar-refractivity contribution in [2.24, 2.45) is 0 Å². The second kappa shape index (κ2) is 4.27. The molecule has 0 saturated heterocycles. The predicted octanol–water partition coefficient (Wildman–Crippen LogP) is 3.39. The fourth-order valence-electron chi connectivity index (χ4n) is 1.84. The third kappa shape index (κ3) is 2.99. The van der Waals surface area contributed by atoms with Crippen molar-refractivity contribution >= 4 is 0 Å². The van der Waals surface area contributed by atoms with Gasteiger partial charge in [-0.25, -0.2) is 8.78 Å². The summed E-state index contributed by atoms with van der Waals surface area (Å²) in [7, 11) is 0. The number of rotatable bonds is 3. The smallest absolute Gasteiger partial charge is 0.250 e. The van der Waals surface area contributed by atoms with Crippen LogP contribution in [0.3, 0.4) is 0 Å². The minimum Gasteiger partial charge on any atom is -0.373 e. The summed E-state index contributed by atoms with van der Waals surface area (Å²) in [4.78, 5) is 0. The first kappa shape index (κ1) is 10.6. The Morgan fingerprint density at radius 1 is 1.27 bits per heavy atom. The maximum Gasteiger partial charge on any atom is 0.250 e. The normalized spacial score (nSPS) is 24.3. The highest BCUT2D eigenvalue weighted by Gasteiger charge is 2.39. The molecule has 0 N–H and O–H groups in total. The Kier molecular flexibility index (Phi) is 3.00. The van der Waals surface area contributed by atoms with Crippen LogP contribution in [0.25, 0.3) is 0 Å². The van der Waals surface area contributed by atoms with Gasteiger partial charge in [0.1, 0.15) is 0 Å². The number of halogens is 2. The summed E-state index contributed by atoms with van der Waals surface area (Å²) in [5, 5.41) is 0. The van der Waals surface area contributed by atoms with E-state index in [1.54, 1.807) is 0 Å². The highest BCUT2D eigenvalue weighted by molar-refractivity contribution is 5.13. The van der Waals surface area contributed by atoms with Crippen molar-refractivity contribution in [3.8, 4) is 0 Å². The van der Waals surface area contributed by atoms with Crippen LogP contribution in [-0.2, 0) is 11.3 Å². The molecule has 3 heteroatoms. The maximum absolute atomic E-state index is 12.8. The van der Waals surface area contributed by atoms with E-state index in [2.05, 4.69) is 0 Å². The van der Waals surface area contributed by atoms with E-state index in [0.29, 0.717) is 13.0 Å². The van der Waals surface area contributed by atoms with Crippen molar-refractivity contribution in [1.29, 1.82) is 0 Å². The molecule has 0 spiro atoms. The highest BCUT2D eigenvalue weighted by Crippen LogP contribution is 2.36. The average Bonchev–Trinajstić information content (AvgIpc) is 2.57. The molecule has 1 nitrogen and oxygen atoms in total. The Hall–Kier alpha value is -0.960. The number of hydrogen-bond acceptors (Lipinski definition) is 1. The molecule has 1 atom stereocenters. The second-order valence-electron chi connectivity index (χ2n) is 4.02. The van der Waals surface area contributed by atoms with Crippen LogP contribution >= 0.6 is 0 Å². The summed E-state index contributed by atoms with van der Waals surface area (Å²) in [6.07, 6.45) is 0.0340. The Labute approximate surface area is 88.1 Å². The van der Waals surface area contributed by atoms with E-state index in [4.69, 9.17) is 4.74 Å². The first-order valence-electron chi connectivity index (χ1n) is 5.19. The number of alkyl halides is 2. The molecule has 0 bridgehead atoms. The van der Waals surface area contributed by atoms with Crippen molar-refractivity contribution < 1.29 is 13.5 Å². The predicted molar refractivity (Wildman–Crippen MR) is 53.8 cm³/mol. The van der Waals surface area contributed by atoms with Crippen LogP contribution in [0.4, 0.5) is 8.78 Å². The Morgan fingerprint density at radius 2 is 2.00 bits per heavy atom. The van der Waals surface area contributed by atoms with Crippen LogP contribution in [0.5, 0.6) is 0 Å². The second-order valence-corrected chi connectivity index (χ2v) is 4.02. The Balaban J connectivity index is 1.80. The summed E-state index contributed by atoms with van der Waals surface area (Å²) in [5.74, 6) is -2.51. The van der Waals surface area contributed by atoms with Gasteiger partial charge in [-0.05, 0) is 12.0 Å². The van der Waals surface area contributed by atoms with E-state index in [1.807, 2.05) is 30.3 Å². The van der Waals surface area contributed by atoms with E-state index in [1.165, 1.54) is 0 Å². The van der Waals surface area contributed by atoms with Gasteiger partial charge in [0.2, 0.25) is 0 Å². The Bertz CT molecular complexity index is 311. The lowest BCUT2D eigenvalue weighted by molar-refractivity contribution is -0.0224. The van der Waals surface area contributed by atoms with Crippen LogP contribution in [0.1, 0.15) is 24.8 Å². The van der Waals surface area contributed by atoms with Gasteiger partial charge in [-0.3, -0.25) is 0 Å². The first-order chi connectivity index (χ1) is 7.16. The largest absolute Gasteiger partial charge is 0.373 e. The zero-order valence-electron chi connectivity index (χ0n) is 8.46. The molecule has 0 aromatic heterocycles. The van der Waals surface area contributed by atoms with Crippen LogP contribution in [0, 0.1) is 0 Å². The molecule has 2 rings (SSSR count). The standard InChI is InChI=1S/C12H14F2O/c13-12(14)7-6-11(8-12)15-9-10-4-2-1-3-5-10/h1-5,11H,6-9H2. The van der Waals surface area contributed by atoms with E-state index >= 15 is 0 Å². The summed E-state index contributed by atoms with van der Waals surface area (Å²) in [6.45, 7) is 0.432. The lowest BCUT2D eigenvalue weighted by Gasteiger charge is -2.11. The summed E-state index contributed by atoms with van der Waals surface area (Å²) in [5.41, 5.74) is 1.03. The lowest BCUT2D eigenvalue weighted by atomic mass is 10.2. The highest BCUT2D eigenvalue weighted by atomic mass is 19.3. The van der Waals surface area contributed by atoms with Gasteiger partial charge in [-0.15, -0.1) is 0 Å². The van der Waals surface area contributed by atoms with Gasteiger partial charge in [-0.1, -0.05) is 30.3 Å². The third-order valence-corrected chi connectivity index (χ3v) is 2.69.